The average molecular weight is 374 g/mol. The molecule has 1 N–H and O–H groups in total. The topological polar surface area (TPSA) is 58.6 Å². The van der Waals surface area contributed by atoms with E-state index in [9.17, 15) is 27.2 Å². The molecule has 1 fully saturated rings. The number of anilines is 2. The lowest BCUT2D eigenvalue weighted by atomic mass is 9.97. The van der Waals surface area contributed by atoms with Crippen LogP contribution in [0.15, 0.2) is 12.1 Å². The number of halogens is 4. The van der Waals surface area contributed by atoms with E-state index in [0.29, 0.717) is 23.3 Å². The first-order valence-electron chi connectivity index (χ1n) is 8.05. The third kappa shape index (κ3) is 3.34. The van der Waals surface area contributed by atoms with Gasteiger partial charge in [0.2, 0.25) is 5.91 Å². The number of alkyl halides is 3. The third-order valence-electron chi connectivity index (χ3n) is 4.27. The standard InChI is InChI=1S/C17H18F4N2O3/c1-15(2,3)26-14(25)22-11-6-9-12(7-10(11)18)23(8-17(19,20)21)13(24)16(9)4-5-16/h6-7H,4-5,8H2,1-3H3,(H,22,25). The molecule has 0 saturated heterocycles. The summed E-state index contributed by atoms with van der Waals surface area (Å²) in [6, 6.07) is 2.09. The van der Waals surface area contributed by atoms with Gasteiger partial charge in [-0.3, -0.25) is 10.1 Å². The second-order valence-electron chi connectivity index (χ2n) is 7.56. The van der Waals surface area contributed by atoms with E-state index in [2.05, 4.69) is 5.32 Å². The molecule has 2 aliphatic rings. The predicted molar refractivity (Wildman–Crippen MR) is 85.6 cm³/mol. The highest BCUT2D eigenvalue weighted by Crippen LogP contribution is 2.58. The molecule has 26 heavy (non-hydrogen) atoms. The Labute approximate surface area is 147 Å². The molecular weight excluding hydrogens is 356 g/mol. The van der Waals surface area contributed by atoms with Crippen LogP contribution >= 0.6 is 0 Å². The monoisotopic (exact) mass is 374 g/mol. The van der Waals surface area contributed by atoms with Crippen LogP contribution in [0.4, 0.5) is 33.7 Å². The van der Waals surface area contributed by atoms with E-state index in [0.717, 1.165) is 6.07 Å². The highest BCUT2D eigenvalue weighted by molar-refractivity contribution is 6.10. The Bertz CT molecular complexity index is 779. The molecular formula is C17H18F4N2O3. The van der Waals surface area contributed by atoms with Gasteiger partial charge in [-0.15, -0.1) is 0 Å². The quantitative estimate of drug-likeness (QED) is 0.793. The minimum atomic E-state index is -4.60. The summed E-state index contributed by atoms with van der Waals surface area (Å²) >= 11 is 0. The summed E-state index contributed by atoms with van der Waals surface area (Å²) < 4.78 is 57.8. The van der Waals surface area contributed by atoms with Gasteiger partial charge in [-0.25, -0.2) is 9.18 Å². The van der Waals surface area contributed by atoms with Gasteiger partial charge in [-0.2, -0.15) is 13.2 Å². The lowest BCUT2D eigenvalue weighted by molar-refractivity contribution is -0.132. The van der Waals surface area contributed by atoms with E-state index in [1.807, 2.05) is 0 Å². The van der Waals surface area contributed by atoms with Crippen LogP contribution in [0.25, 0.3) is 0 Å². The van der Waals surface area contributed by atoms with E-state index in [-0.39, 0.29) is 11.4 Å². The number of carbonyl (C=O) groups excluding carboxylic acids is 2. The van der Waals surface area contributed by atoms with E-state index in [4.69, 9.17) is 4.74 Å². The van der Waals surface area contributed by atoms with Crippen LogP contribution in [0.3, 0.4) is 0 Å². The summed E-state index contributed by atoms with van der Waals surface area (Å²) in [5.74, 6) is -1.62. The van der Waals surface area contributed by atoms with Crippen molar-refractivity contribution in [2.45, 2.75) is 50.8 Å². The number of benzene rings is 1. The molecule has 1 aliphatic heterocycles. The molecule has 0 bridgehead atoms. The molecule has 1 aromatic rings. The second kappa shape index (κ2) is 5.59. The Balaban J connectivity index is 1.94. The van der Waals surface area contributed by atoms with Gasteiger partial charge in [0, 0.05) is 6.07 Å². The van der Waals surface area contributed by atoms with Crippen molar-refractivity contribution in [2.75, 3.05) is 16.8 Å². The summed E-state index contributed by atoms with van der Waals surface area (Å²) in [6.07, 6.45) is -4.70. The maximum atomic E-state index is 14.4. The number of nitrogens with zero attached hydrogens (tertiary/aromatic N) is 1. The number of hydrogen-bond donors (Lipinski definition) is 1. The first kappa shape index (κ1) is 18.5. The van der Waals surface area contributed by atoms with Crippen LogP contribution in [0.1, 0.15) is 39.2 Å². The number of ether oxygens (including phenoxy) is 1. The van der Waals surface area contributed by atoms with Crippen molar-refractivity contribution in [3.8, 4) is 0 Å². The van der Waals surface area contributed by atoms with Gasteiger partial charge < -0.3 is 9.64 Å². The first-order valence-corrected chi connectivity index (χ1v) is 8.05. The normalized spacial score (nSPS) is 18.1. The lowest BCUT2D eigenvalue weighted by Gasteiger charge is -2.21. The number of fused-ring (bicyclic) bond motifs is 2. The van der Waals surface area contributed by atoms with Gasteiger partial charge in [0.05, 0.1) is 16.8 Å². The van der Waals surface area contributed by atoms with Gasteiger partial charge in [0.1, 0.15) is 18.0 Å². The second-order valence-corrected chi connectivity index (χ2v) is 7.56. The average Bonchev–Trinajstić information content (AvgIpc) is 3.21. The molecule has 2 amide bonds. The number of amides is 2. The maximum absolute atomic E-state index is 14.4. The van der Waals surface area contributed by atoms with Crippen LogP contribution in [0.2, 0.25) is 0 Å². The van der Waals surface area contributed by atoms with Gasteiger partial charge in [-0.1, -0.05) is 0 Å². The summed E-state index contributed by atoms with van der Waals surface area (Å²) in [5, 5.41) is 2.25. The van der Waals surface area contributed by atoms with Gasteiger partial charge in [0.25, 0.3) is 0 Å². The molecule has 0 atom stereocenters. The minimum Gasteiger partial charge on any atom is -0.444 e. The molecule has 1 spiro atoms. The fourth-order valence-corrected chi connectivity index (χ4v) is 3.11. The zero-order chi connectivity index (χ0) is 19.5. The summed E-state index contributed by atoms with van der Waals surface area (Å²) in [5.41, 5.74) is -1.87. The zero-order valence-electron chi connectivity index (χ0n) is 14.5. The first-order chi connectivity index (χ1) is 11.8. The molecule has 9 heteroatoms. The molecule has 142 valence electrons. The van der Waals surface area contributed by atoms with E-state index in [1.54, 1.807) is 20.8 Å². The van der Waals surface area contributed by atoms with Crippen molar-refractivity contribution >= 4 is 23.4 Å². The van der Waals surface area contributed by atoms with E-state index >= 15 is 0 Å². The van der Waals surface area contributed by atoms with E-state index in [1.165, 1.54) is 6.07 Å². The molecule has 1 heterocycles. The van der Waals surface area contributed by atoms with Crippen LogP contribution in [-0.4, -0.2) is 30.3 Å². The highest BCUT2D eigenvalue weighted by Gasteiger charge is 2.60. The summed E-state index contributed by atoms with van der Waals surface area (Å²) in [4.78, 5) is 24.9. The molecule has 1 aromatic carbocycles. The Hall–Kier alpha value is -2.32. The molecule has 5 nitrogen and oxygen atoms in total. The van der Waals surface area contributed by atoms with Crippen molar-refractivity contribution in [1.82, 2.24) is 0 Å². The molecule has 0 radical (unpaired) electrons. The molecule has 1 aliphatic carbocycles. The largest absolute Gasteiger partial charge is 0.444 e. The van der Waals surface area contributed by atoms with Crippen LogP contribution in [-0.2, 0) is 14.9 Å². The Morgan fingerprint density at radius 1 is 1.27 bits per heavy atom. The minimum absolute atomic E-state index is 0.0999. The van der Waals surface area contributed by atoms with Crippen molar-refractivity contribution in [2.24, 2.45) is 0 Å². The lowest BCUT2D eigenvalue weighted by Crippen LogP contribution is -2.39. The number of nitrogens with one attached hydrogen (secondary N) is 1. The van der Waals surface area contributed by atoms with Crippen LogP contribution in [0.5, 0.6) is 0 Å². The van der Waals surface area contributed by atoms with Crippen molar-refractivity contribution in [3.05, 3.63) is 23.5 Å². The molecule has 1 saturated carbocycles. The van der Waals surface area contributed by atoms with E-state index < -0.39 is 41.6 Å². The van der Waals surface area contributed by atoms with Crippen molar-refractivity contribution in [3.63, 3.8) is 0 Å². The fraction of sp³-hybridized carbons (Fsp3) is 0.529. The maximum Gasteiger partial charge on any atom is 0.412 e. The van der Waals surface area contributed by atoms with Gasteiger partial charge in [-0.05, 0) is 45.2 Å². The Morgan fingerprint density at radius 3 is 2.38 bits per heavy atom. The zero-order valence-corrected chi connectivity index (χ0v) is 14.5. The summed E-state index contributed by atoms with van der Waals surface area (Å²) in [6.45, 7) is 3.44. The predicted octanol–water partition coefficient (Wildman–Crippen LogP) is 4.11. The molecule has 0 unspecified atom stereocenters. The van der Waals surface area contributed by atoms with Crippen molar-refractivity contribution < 1.29 is 31.9 Å². The van der Waals surface area contributed by atoms with Crippen LogP contribution in [0, 0.1) is 5.82 Å². The van der Waals surface area contributed by atoms with Gasteiger partial charge in [0.15, 0.2) is 0 Å². The Morgan fingerprint density at radius 2 is 1.88 bits per heavy atom. The highest BCUT2D eigenvalue weighted by atomic mass is 19.4. The van der Waals surface area contributed by atoms with Gasteiger partial charge >= 0.3 is 12.3 Å². The van der Waals surface area contributed by atoms with Crippen LogP contribution < -0.4 is 10.2 Å². The smallest absolute Gasteiger partial charge is 0.412 e. The Kier molecular flexibility index (Phi) is 3.97. The third-order valence-corrected chi connectivity index (χ3v) is 4.27. The number of carbonyl (C=O) groups is 2. The molecule has 0 aromatic heterocycles. The fourth-order valence-electron chi connectivity index (χ4n) is 3.11. The molecule has 3 rings (SSSR count). The number of hydrogen-bond acceptors (Lipinski definition) is 3. The SMILES string of the molecule is CC(C)(C)OC(=O)Nc1cc2c(cc1F)N(CC(F)(F)F)C(=O)C21CC1. The number of rotatable bonds is 2. The summed E-state index contributed by atoms with van der Waals surface area (Å²) in [7, 11) is 0. The van der Waals surface area contributed by atoms with Crippen molar-refractivity contribution in [1.29, 1.82) is 0 Å².